The van der Waals surface area contributed by atoms with Gasteiger partial charge in [-0.15, -0.1) is 6.42 Å². The van der Waals surface area contributed by atoms with Crippen molar-refractivity contribution in [2.75, 3.05) is 20.1 Å². The van der Waals surface area contributed by atoms with E-state index in [1.807, 2.05) is 7.05 Å². The van der Waals surface area contributed by atoms with Crippen LogP contribution in [-0.2, 0) is 4.79 Å². The molecule has 4 rings (SSSR count). The first-order valence-corrected chi connectivity index (χ1v) is 12.1. The lowest BCUT2D eigenvalue weighted by Gasteiger charge is -2.56. The minimum absolute atomic E-state index is 0.276. The first-order chi connectivity index (χ1) is 13.4. The van der Waals surface area contributed by atoms with Crippen molar-refractivity contribution >= 4 is 5.78 Å². The Morgan fingerprint density at radius 3 is 2.64 bits per heavy atom. The van der Waals surface area contributed by atoms with Crippen molar-refractivity contribution < 1.29 is 4.79 Å². The fourth-order valence-corrected chi connectivity index (χ4v) is 8.33. The highest BCUT2D eigenvalue weighted by atomic mass is 16.1. The standard InChI is InChI=1S/C26H41NO/c1-5-15-27(4)16-13-25(28)24-11-10-23-22-9-7-19-17-18(2)6-8-20(19)21(22)12-14-26(23,24)3/h1,18-24H,6-17H2,2-4H3/t18-,19+,20-,21?,22+,23?,24+,26-/m0/s1. The van der Waals surface area contributed by atoms with Crippen LogP contribution in [0, 0.1) is 59.2 Å². The molecule has 0 aromatic carbocycles. The molecule has 0 heterocycles. The van der Waals surface area contributed by atoms with Crippen LogP contribution in [0.1, 0.15) is 78.1 Å². The van der Waals surface area contributed by atoms with E-state index in [0.29, 0.717) is 24.7 Å². The number of Topliss-reactive ketones (excluding diaryl/α,β-unsaturated/α-hetero) is 1. The summed E-state index contributed by atoms with van der Waals surface area (Å²) in [7, 11) is 2.03. The number of fused-ring (bicyclic) bond motifs is 5. The molecule has 28 heavy (non-hydrogen) atoms. The van der Waals surface area contributed by atoms with Crippen molar-refractivity contribution in [2.24, 2.45) is 46.8 Å². The summed E-state index contributed by atoms with van der Waals surface area (Å²) in [5.41, 5.74) is 0.276. The third-order valence-corrected chi connectivity index (χ3v) is 9.71. The SMILES string of the molecule is C#CCN(C)CCC(=O)[C@H]1CCC2[C@@H]3CC[C@@H]4C[C@@H](C)CC[C@@H]4C3CC[C@@]21C. The molecule has 0 saturated heterocycles. The molecule has 0 N–H and O–H groups in total. The van der Waals surface area contributed by atoms with Crippen molar-refractivity contribution in [2.45, 2.75) is 78.1 Å². The van der Waals surface area contributed by atoms with Gasteiger partial charge in [0.2, 0.25) is 0 Å². The Hall–Kier alpha value is -0.810. The Morgan fingerprint density at radius 1 is 1.07 bits per heavy atom. The van der Waals surface area contributed by atoms with E-state index < -0.39 is 0 Å². The molecule has 0 aromatic rings. The van der Waals surface area contributed by atoms with Crippen LogP contribution >= 0.6 is 0 Å². The van der Waals surface area contributed by atoms with Crippen LogP contribution in [0.25, 0.3) is 0 Å². The van der Waals surface area contributed by atoms with E-state index >= 15 is 0 Å². The average Bonchev–Trinajstić information content (AvgIpc) is 3.03. The lowest BCUT2D eigenvalue weighted by Crippen LogP contribution is -2.49. The van der Waals surface area contributed by atoms with Gasteiger partial charge >= 0.3 is 0 Å². The predicted octanol–water partition coefficient (Wildman–Crippen LogP) is 5.42. The molecule has 0 aliphatic heterocycles. The maximum atomic E-state index is 13.2. The Morgan fingerprint density at radius 2 is 1.86 bits per heavy atom. The summed E-state index contributed by atoms with van der Waals surface area (Å²) >= 11 is 0. The zero-order chi connectivity index (χ0) is 19.9. The molecule has 0 radical (unpaired) electrons. The summed E-state index contributed by atoms with van der Waals surface area (Å²) in [6.07, 6.45) is 18.6. The van der Waals surface area contributed by atoms with Gasteiger partial charge in [0, 0.05) is 18.9 Å². The minimum Gasteiger partial charge on any atom is -0.299 e. The molecule has 4 aliphatic carbocycles. The first kappa shape index (κ1) is 20.5. The van der Waals surface area contributed by atoms with Gasteiger partial charge in [0.05, 0.1) is 6.54 Å². The van der Waals surface area contributed by atoms with Crippen molar-refractivity contribution in [3.8, 4) is 12.3 Å². The number of hydrogen-bond donors (Lipinski definition) is 0. The summed E-state index contributed by atoms with van der Waals surface area (Å²) in [4.78, 5) is 15.3. The van der Waals surface area contributed by atoms with E-state index in [2.05, 4.69) is 24.7 Å². The van der Waals surface area contributed by atoms with Crippen LogP contribution in [0.15, 0.2) is 0 Å². The van der Waals surface area contributed by atoms with Crippen LogP contribution in [0.3, 0.4) is 0 Å². The highest BCUT2D eigenvalue weighted by Gasteiger charge is 2.58. The quantitative estimate of drug-likeness (QED) is 0.591. The monoisotopic (exact) mass is 383 g/mol. The van der Waals surface area contributed by atoms with Crippen molar-refractivity contribution in [1.82, 2.24) is 4.90 Å². The van der Waals surface area contributed by atoms with E-state index in [-0.39, 0.29) is 5.41 Å². The Labute approximate surface area is 173 Å². The molecule has 156 valence electrons. The normalized spacial score (nSPS) is 45.0. The molecule has 4 aliphatic rings. The van der Waals surface area contributed by atoms with Gasteiger partial charge in [-0.2, -0.15) is 0 Å². The van der Waals surface area contributed by atoms with Crippen LogP contribution in [0.4, 0.5) is 0 Å². The van der Waals surface area contributed by atoms with Gasteiger partial charge in [0.25, 0.3) is 0 Å². The predicted molar refractivity (Wildman–Crippen MR) is 116 cm³/mol. The molecule has 2 unspecified atom stereocenters. The minimum atomic E-state index is 0.276. The second-order valence-corrected chi connectivity index (χ2v) is 11.2. The summed E-state index contributed by atoms with van der Waals surface area (Å²) < 4.78 is 0. The number of carbonyl (C=O) groups is 1. The summed E-state index contributed by atoms with van der Waals surface area (Å²) in [6.45, 7) is 6.41. The Kier molecular flexibility index (Phi) is 5.95. The topological polar surface area (TPSA) is 20.3 Å². The largest absolute Gasteiger partial charge is 0.299 e. The first-order valence-electron chi connectivity index (χ1n) is 12.1. The fourth-order valence-electron chi connectivity index (χ4n) is 8.33. The molecule has 2 heteroatoms. The van der Waals surface area contributed by atoms with Gasteiger partial charge < -0.3 is 0 Å². The number of rotatable bonds is 5. The Balaban J connectivity index is 1.42. The lowest BCUT2D eigenvalue weighted by atomic mass is 9.49. The van der Waals surface area contributed by atoms with E-state index in [1.165, 1.54) is 51.4 Å². The third-order valence-electron chi connectivity index (χ3n) is 9.71. The zero-order valence-electron chi connectivity index (χ0n) is 18.5. The molecule has 0 aromatic heterocycles. The summed E-state index contributed by atoms with van der Waals surface area (Å²) in [5.74, 6) is 9.18. The molecular formula is C26H41NO. The summed E-state index contributed by atoms with van der Waals surface area (Å²) in [6, 6.07) is 0. The van der Waals surface area contributed by atoms with Gasteiger partial charge in [-0.25, -0.2) is 0 Å². The van der Waals surface area contributed by atoms with Crippen LogP contribution in [0.5, 0.6) is 0 Å². The van der Waals surface area contributed by atoms with E-state index in [4.69, 9.17) is 6.42 Å². The van der Waals surface area contributed by atoms with Gasteiger partial charge in [0.1, 0.15) is 5.78 Å². The molecule has 4 saturated carbocycles. The van der Waals surface area contributed by atoms with Crippen LogP contribution in [-0.4, -0.2) is 30.8 Å². The average molecular weight is 384 g/mol. The van der Waals surface area contributed by atoms with E-state index in [9.17, 15) is 4.79 Å². The van der Waals surface area contributed by atoms with Crippen LogP contribution < -0.4 is 0 Å². The van der Waals surface area contributed by atoms with E-state index in [0.717, 1.165) is 48.5 Å². The molecule has 8 atom stereocenters. The van der Waals surface area contributed by atoms with Crippen molar-refractivity contribution in [3.63, 3.8) is 0 Å². The van der Waals surface area contributed by atoms with Gasteiger partial charge in [-0.05, 0) is 99.3 Å². The number of ketones is 1. The highest BCUT2D eigenvalue weighted by molar-refractivity contribution is 5.82. The zero-order valence-corrected chi connectivity index (χ0v) is 18.5. The fraction of sp³-hybridized carbons (Fsp3) is 0.885. The second-order valence-electron chi connectivity index (χ2n) is 11.2. The molecule has 0 amide bonds. The van der Waals surface area contributed by atoms with Crippen molar-refractivity contribution in [1.29, 1.82) is 0 Å². The smallest absolute Gasteiger partial charge is 0.137 e. The molecule has 0 bridgehead atoms. The van der Waals surface area contributed by atoms with Gasteiger partial charge in [-0.1, -0.05) is 26.2 Å². The summed E-state index contributed by atoms with van der Waals surface area (Å²) in [5, 5.41) is 0. The van der Waals surface area contributed by atoms with Crippen molar-refractivity contribution in [3.05, 3.63) is 0 Å². The maximum absolute atomic E-state index is 13.2. The molecule has 2 nitrogen and oxygen atoms in total. The third kappa shape index (κ3) is 3.58. The molecule has 4 fully saturated rings. The molecular weight excluding hydrogens is 342 g/mol. The molecule has 0 spiro atoms. The highest BCUT2D eigenvalue weighted by Crippen LogP contribution is 2.64. The number of terminal acetylenes is 1. The maximum Gasteiger partial charge on any atom is 0.137 e. The van der Waals surface area contributed by atoms with Gasteiger partial charge in [0.15, 0.2) is 0 Å². The van der Waals surface area contributed by atoms with Crippen LogP contribution in [0.2, 0.25) is 0 Å². The lowest BCUT2D eigenvalue weighted by molar-refractivity contribution is -0.130. The number of hydrogen-bond acceptors (Lipinski definition) is 2. The number of carbonyl (C=O) groups excluding carboxylic acids is 1. The Bertz CT molecular complexity index is 620. The second kappa shape index (κ2) is 8.14. The number of nitrogens with zero attached hydrogens (tertiary/aromatic N) is 1. The van der Waals surface area contributed by atoms with Gasteiger partial charge in [-0.3, -0.25) is 9.69 Å². The van der Waals surface area contributed by atoms with E-state index in [1.54, 1.807) is 0 Å².